The lowest BCUT2D eigenvalue weighted by Crippen LogP contribution is -1.97. The van der Waals surface area contributed by atoms with Gasteiger partial charge in [0.2, 0.25) is 0 Å². The Morgan fingerprint density at radius 1 is 0.455 bits per heavy atom. The summed E-state index contributed by atoms with van der Waals surface area (Å²) >= 11 is 5.68. The number of halogens is 1. The third kappa shape index (κ3) is 20.5. The van der Waals surface area contributed by atoms with Gasteiger partial charge in [-0.25, -0.2) is 0 Å². The molecule has 0 aliphatic rings. The van der Waals surface area contributed by atoms with Gasteiger partial charge in [-0.15, -0.1) is 11.6 Å². The zero-order chi connectivity index (χ0) is 16.3. The second-order valence-electron chi connectivity index (χ2n) is 7.30. The summed E-state index contributed by atoms with van der Waals surface area (Å²) in [7, 11) is 0.0401. The van der Waals surface area contributed by atoms with Crippen molar-refractivity contribution < 1.29 is 0 Å². The average molecular weight is 346 g/mol. The molecule has 0 aliphatic carbocycles. The molecule has 0 aromatic rings. The Morgan fingerprint density at radius 3 is 1.00 bits per heavy atom. The van der Waals surface area contributed by atoms with E-state index in [1.165, 1.54) is 109 Å². The molecule has 0 unspecified atom stereocenters. The normalized spacial score (nSPS) is 11.5. The first-order chi connectivity index (χ1) is 10.8. The second-order valence-corrected chi connectivity index (χ2v) is 10.6. The highest BCUT2D eigenvalue weighted by Crippen LogP contribution is 2.14. The van der Waals surface area contributed by atoms with Gasteiger partial charge < -0.3 is 0 Å². The average Bonchev–Trinajstić information content (AvgIpc) is 2.50. The van der Waals surface area contributed by atoms with E-state index >= 15 is 0 Å². The fraction of sp³-hybridized carbons (Fsp3) is 1.00. The largest absolute Gasteiger partial charge is 0.127 e. The lowest BCUT2D eigenvalue weighted by atomic mass is 10.0. The van der Waals surface area contributed by atoms with Crippen molar-refractivity contribution in [3.05, 3.63) is 0 Å². The zero-order valence-electron chi connectivity index (χ0n) is 15.6. The van der Waals surface area contributed by atoms with Crippen molar-refractivity contribution in [1.82, 2.24) is 0 Å². The highest BCUT2D eigenvalue weighted by atomic mass is 35.5. The van der Waals surface area contributed by atoms with E-state index < -0.39 is 0 Å². The first-order valence-corrected chi connectivity index (χ1v) is 13.4. The SMILES string of the molecule is C[Si](C)CCCCCCCCCCCCCCCCCCCl. The molecular formula is C20H42ClSi. The fourth-order valence-electron chi connectivity index (χ4n) is 3.05. The summed E-state index contributed by atoms with van der Waals surface area (Å²) in [6.07, 6.45) is 23.1. The third-order valence-electron chi connectivity index (χ3n) is 4.56. The minimum Gasteiger partial charge on any atom is -0.127 e. The minimum absolute atomic E-state index is 0.0401. The predicted molar refractivity (Wildman–Crippen MR) is 107 cm³/mol. The molecule has 0 N–H and O–H groups in total. The summed E-state index contributed by atoms with van der Waals surface area (Å²) in [4.78, 5) is 0. The monoisotopic (exact) mass is 345 g/mol. The molecular weight excluding hydrogens is 304 g/mol. The zero-order valence-corrected chi connectivity index (χ0v) is 17.4. The molecule has 0 nitrogen and oxygen atoms in total. The topological polar surface area (TPSA) is 0 Å². The van der Waals surface area contributed by atoms with E-state index in [9.17, 15) is 0 Å². The maximum atomic E-state index is 5.68. The van der Waals surface area contributed by atoms with Crippen molar-refractivity contribution in [3.63, 3.8) is 0 Å². The molecule has 0 fully saturated rings. The second kappa shape index (κ2) is 19.6. The van der Waals surface area contributed by atoms with Crippen LogP contribution in [0.1, 0.15) is 103 Å². The van der Waals surface area contributed by atoms with Crippen molar-refractivity contribution in [3.8, 4) is 0 Å². The lowest BCUT2D eigenvalue weighted by Gasteiger charge is -2.04. The van der Waals surface area contributed by atoms with Gasteiger partial charge in [-0.05, 0) is 6.42 Å². The van der Waals surface area contributed by atoms with Crippen LogP contribution in [0.4, 0.5) is 0 Å². The minimum atomic E-state index is 0.0401. The van der Waals surface area contributed by atoms with Crippen molar-refractivity contribution >= 4 is 20.4 Å². The van der Waals surface area contributed by atoms with Crippen LogP contribution in [0, 0.1) is 0 Å². The van der Waals surface area contributed by atoms with Crippen LogP contribution in [0.3, 0.4) is 0 Å². The van der Waals surface area contributed by atoms with Crippen LogP contribution in [0.15, 0.2) is 0 Å². The van der Waals surface area contributed by atoms with Crippen LogP contribution in [0.5, 0.6) is 0 Å². The Balaban J connectivity index is 2.94. The molecule has 133 valence electrons. The maximum Gasteiger partial charge on any atom is 0.0412 e. The van der Waals surface area contributed by atoms with Gasteiger partial charge in [0.1, 0.15) is 0 Å². The molecule has 0 amide bonds. The van der Waals surface area contributed by atoms with E-state index in [4.69, 9.17) is 11.6 Å². The van der Waals surface area contributed by atoms with Gasteiger partial charge in [0, 0.05) is 14.7 Å². The lowest BCUT2D eigenvalue weighted by molar-refractivity contribution is 0.531. The highest BCUT2D eigenvalue weighted by Gasteiger charge is 1.97. The first-order valence-electron chi connectivity index (χ1n) is 10.1. The number of rotatable bonds is 18. The molecule has 0 rings (SSSR count). The summed E-state index contributed by atoms with van der Waals surface area (Å²) in [5.41, 5.74) is 0. The molecule has 0 aliphatic heterocycles. The molecule has 0 aromatic carbocycles. The Kier molecular flexibility index (Phi) is 20.0. The molecule has 1 radical (unpaired) electrons. The van der Waals surface area contributed by atoms with Gasteiger partial charge in [-0.1, -0.05) is 115 Å². The maximum absolute atomic E-state index is 5.68. The molecule has 0 atom stereocenters. The Morgan fingerprint density at radius 2 is 0.727 bits per heavy atom. The third-order valence-corrected chi connectivity index (χ3v) is 6.18. The number of unbranched alkanes of at least 4 members (excludes halogenated alkanes) is 15. The number of hydrogen-bond acceptors (Lipinski definition) is 0. The van der Waals surface area contributed by atoms with Crippen LogP contribution in [-0.4, -0.2) is 14.7 Å². The Labute approximate surface area is 148 Å². The van der Waals surface area contributed by atoms with Gasteiger partial charge in [0.05, 0.1) is 0 Å². The molecule has 2 heteroatoms. The van der Waals surface area contributed by atoms with Crippen molar-refractivity contribution in [2.45, 2.75) is 122 Å². The first kappa shape index (κ1) is 22.5. The van der Waals surface area contributed by atoms with Crippen LogP contribution in [-0.2, 0) is 0 Å². The van der Waals surface area contributed by atoms with Crippen molar-refractivity contribution in [2.75, 3.05) is 5.88 Å². The number of hydrogen-bond donors (Lipinski definition) is 0. The van der Waals surface area contributed by atoms with E-state index in [1.54, 1.807) is 0 Å². The smallest absolute Gasteiger partial charge is 0.0412 e. The quantitative estimate of drug-likeness (QED) is 0.133. The molecule has 0 saturated heterocycles. The molecule has 0 heterocycles. The summed E-state index contributed by atoms with van der Waals surface area (Å²) in [6.45, 7) is 4.87. The van der Waals surface area contributed by atoms with Gasteiger partial charge in [0.25, 0.3) is 0 Å². The Bertz CT molecular complexity index is 194. The highest BCUT2D eigenvalue weighted by molar-refractivity contribution is 6.55. The summed E-state index contributed by atoms with van der Waals surface area (Å²) in [5, 5.41) is 0. The molecule has 0 spiro atoms. The summed E-state index contributed by atoms with van der Waals surface area (Å²) in [6, 6.07) is 1.53. The summed E-state index contributed by atoms with van der Waals surface area (Å²) in [5.74, 6) is 0.846. The van der Waals surface area contributed by atoms with Crippen LogP contribution >= 0.6 is 11.6 Å². The van der Waals surface area contributed by atoms with Gasteiger partial charge >= 0.3 is 0 Å². The van der Waals surface area contributed by atoms with Gasteiger partial charge in [-0.2, -0.15) is 0 Å². The fourth-order valence-corrected chi connectivity index (χ4v) is 4.19. The van der Waals surface area contributed by atoms with E-state index in [-0.39, 0.29) is 8.80 Å². The van der Waals surface area contributed by atoms with E-state index in [0.717, 1.165) is 5.88 Å². The Hall–Kier alpha value is 0.507. The van der Waals surface area contributed by atoms with E-state index in [2.05, 4.69) is 13.1 Å². The number of alkyl halides is 1. The van der Waals surface area contributed by atoms with Crippen LogP contribution in [0.2, 0.25) is 19.1 Å². The van der Waals surface area contributed by atoms with Crippen LogP contribution in [0.25, 0.3) is 0 Å². The molecule has 0 aromatic heterocycles. The van der Waals surface area contributed by atoms with Gasteiger partial charge in [-0.3, -0.25) is 0 Å². The van der Waals surface area contributed by atoms with Crippen LogP contribution < -0.4 is 0 Å². The van der Waals surface area contributed by atoms with E-state index in [0.29, 0.717) is 0 Å². The van der Waals surface area contributed by atoms with E-state index in [1.807, 2.05) is 0 Å². The molecule has 22 heavy (non-hydrogen) atoms. The molecule has 0 bridgehead atoms. The van der Waals surface area contributed by atoms with Crippen molar-refractivity contribution in [1.29, 1.82) is 0 Å². The molecule has 0 saturated carbocycles. The predicted octanol–water partition coefficient (Wildman–Crippen LogP) is 8.22. The van der Waals surface area contributed by atoms with Crippen molar-refractivity contribution in [2.24, 2.45) is 0 Å². The standard InChI is InChI=1S/C20H42ClSi/c1-22(2)20-18-16-14-12-10-8-6-4-3-5-7-9-11-13-15-17-19-21/h3-20H2,1-2H3. The van der Waals surface area contributed by atoms with Gasteiger partial charge in [0.15, 0.2) is 0 Å². The summed E-state index contributed by atoms with van der Waals surface area (Å²) < 4.78 is 0.